The molecule has 1 heterocycles. The van der Waals surface area contributed by atoms with Crippen LogP contribution in [0.25, 0.3) is 10.9 Å². The highest BCUT2D eigenvalue weighted by Crippen LogP contribution is 2.20. The van der Waals surface area contributed by atoms with Gasteiger partial charge in [-0.2, -0.15) is 5.26 Å². The lowest BCUT2D eigenvalue weighted by molar-refractivity contribution is 0.311. The van der Waals surface area contributed by atoms with E-state index in [0.717, 1.165) is 34.7 Å². The van der Waals surface area contributed by atoms with Crippen molar-refractivity contribution in [1.29, 1.82) is 5.26 Å². The Morgan fingerprint density at radius 1 is 1.04 bits per heavy atom. The Kier molecular flexibility index (Phi) is 4.69. The monoisotopic (exact) mass is 317 g/mol. The van der Waals surface area contributed by atoms with Crippen LogP contribution in [0, 0.1) is 11.3 Å². The molecule has 2 aromatic carbocycles. The van der Waals surface area contributed by atoms with E-state index in [4.69, 9.17) is 5.26 Å². The summed E-state index contributed by atoms with van der Waals surface area (Å²) in [5, 5.41) is 13.0. The molecule has 0 aliphatic carbocycles. The lowest BCUT2D eigenvalue weighted by Gasteiger charge is -2.17. The molecule has 0 saturated heterocycles. The van der Waals surface area contributed by atoms with Crippen molar-refractivity contribution in [3.8, 4) is 6.07 Å². The van der Waals surface area contributed by atoms with E-state index in [1.54, 1.807) is 0 Å². The van der Waals surface area contributed by atoms with E-state index in [2.05, 4.69) is 26.3 Å². The summed E-state index contributed by atoms with van der Waals surface area (Å²) in [5.74, 6) is 1.64. The highest BCUT2D eigenvalue weighted by atomic mass is 15.1. The normalized spacial score (nSPS) is 10.8. The van der Waals surface area contributed by atoms with Gasteiger partial charge in [0.1, 0.15) is 11.6 Å². The predicted octanol–water partition coefficient (Wildman–Crippen LogP) is 3.18. The average Bonchev–Trinajstić information content (AvgIpc) is 2.61. The molecule has 0 aliphatic heterocycles. The van der Waals surface area contributed by atoms with Crippen LogP contribution in [0.15, 0.2) is 48.5 Å². The van der Waals surface area contributed by atoms with E-state index < -0.39 is 0 Å². The van der Waals surface area contributed by atoms with Crippen LogP contribution in [0.4, 0.5) is 5.82 Å². The van der Waals surface area contributed by atoms with Crippen molar-refractivity contribution in [2.45, 2.75) is 13.1 Å². The summed E-state index contributed by atoms with van der Waals surface area (Å²) >= 11 is 0. The quantitative estimate of drug-likeness (QED) is 0.783. The van der Waals surface area contributed by atoms with Gasteiger partial charge in [-0.1, -0.05) is 24.3 Å². The number of fused-ring (bicyclic) bond motifs is 1. The molecule has 3 aromatic rings. The molecular weight excluding hydrogens is 298 g/mol. The zero-order chi connectivity index (χ0) is 16.9. The second-order valence-electron chi connectivity index (χ2n) is 5.74. The van der Waals surface area contributed by atoms with Crippen LogP contribution in [0.1, 0.15) is 17.0 Å². The first-order chi connectivity index (χ1) is 11.7. The highest BCUT2D eigenvalue weighted by Gasteiger charge is 2.09. The molecule has 0 saturated carbocycles. The van der Waals surface area contributed by atoms with Gasteiger partial charge in [-0.05, 0) is 36.9 Å². The Balaban J connectivity index is 1.77. The number of nitrogens with zero attached hydrogens (tertiary/aromatic N) is 4. The Hall–Kier alpha value is -2.97. The molecule has 0 spiro atoms. The molecule has 0 bridgehead atoms. The molecule has 3 rings (SSSR count). The van der Waals surface area contributed by atoms with Crippen LogP contribution in [-0.2, 0) is 13.1 Å². The summed E-state index contributed by atoms with van der Waals surface area (Å²) in [7, 11) is 3.91. The minimum atomic E-state index is 0.652. The van der Waals surface area contributed by atoms with Gasteiger partial charge in [-0.25, -0.2) is 9.97 Å². The molecule has 1 aromatic heterocycles. The fourth-order valence-corrected chi connectivity index (χ4v) is 2.68. The van der Waals surface area contributed by atoms with E-state index in [9.17, 15) is 0 Å². The number of anilines is 1. The van der Waals surface area contributed by atoms with Crippen molar-refractivity contribution in [3.63, 3.8) is 0 Å². The molecule has 0 radical (unpaired) electrons. The zero-order valence-corrected chi connectivity index (χ0v) is 13.8. The Morgan fingerprint density at radius 3 is 2.50 bits per heavy atom. The molecule has 1 N–H and O–H groups in total. The zero-order valence-electron chi connectivity index (χ0n) is 13.8. The summed E-state index contributed by atoms with van der Waals surface area (Å²) in [6.45, 7) is 1.43. The number of benzene rings is 2. The molecular formula is C19H19N5. The number of hydrogen-bond donors (Lipinski definition) is 1. The summed E-state index contributed by atoms with van der Waals surface area (Å²) in [6.07, 6.45) is 0. The predicted molar refractivity (Wildman–Crippen MR) is 95.4 cm³/mol. The van der Waals surface area contributed by atoms with E-state index in [1.165, 1.54) is 0 Å². The van der Waals surface area contributed by atoms with Gasteiger partial charge < -0.3 is 5.32 Å². The molecule has 5 heteroatoms. The number of nitriles is 1. The maximum absolute atomic E-state index is 8.86. The third kappa shape index (κ3) is 3.50. The molecule has 5 nitrogen and oxygen atoms in total. The minimum absolute atomic E-state index is 0.652. The molecule has 0 atom stereocenters. The van der Waals surface area contributed by atoms with Crippen LogP contribution >= 0.6 is 0 Å². The van der Waals surface area contributed by atoms with Crippen molar-refractivity contribution >= 4 is 16.7 Å². The van der Waals surface area contributed by atoms with Crippen LogP contribution < -0.4 is 5.32 Å². The molecule has 0 amide bonds. The summed E-state index contributed by atoms with van der Waals surface area (Å²) in [4.78, 5) is 11.4. The molecule has 0 unspecified atom stereocenters. The third-order valence-electron chi connectivity index (χ3n) is 3.83. The highest BCUT2D eigenvalue weighted by molar-refractivity contribution is 5.88. The summed E-state index contributed by atoms with van der Waals surface area (Å²) < 4.78 is 0. The van der Waals surface area contributed by atoms with Crippen molar-refractivity contribution in [2.24, 2.45) is 0 Å². The number of aromatic nitrogens is 2. The second-order valence-corrected chi connectivity index (χ2v) is 5.74. The average molecular weight is 317 g/mol. The number of nitrogens with one attached hydrogen (secondary N) is 1. The van der Waals surface area contributed by atoms with Crippen LogP contribution in [0.5, 0.6) is 0 Å². The lowest BCUT2D eigenvalue weighted by atomic mass is 10.1. The van der Waals surface area contributed by atoms with Crippen molar-refractivity contribution in [2.75, 3.05) is 19.4 Å². The van der Waals surface area contributed by atoms with Gasteiger partial charge in [-0.15, -0.1) is 0 Å². The third-order valence-corrected chi connectivity index (χ3v) is 3.83. The first-order valence-electron chi connectivity index (χ1n) is 7.80. The molecule has 24 heavy (non-hydrogen) atoms. The fraction of sp³-hybridized carbons (Fsp3) is 0.211. The van der Waals surface area contributed by atoms with Gasteiger partial charge in [0.05, 0.1) is 23.7 Å². The topological polar surface area (TPSA) is 64.8 Å². The van der Waals surface area contributed by atoms with Gasteiger partial charge in [-0.3, -0.25) is 4.90 Å². The second kappa shape index (κ2) is 7.07. The standard InChI is InChI=1S/C19H19N5/c1-21-19-16-5-3-4-6-17(16)22-18(23-19)13-24(2)12-15-9-7-14(11-20)8-10-15/h3-10H,12-13H2,1-2H3,(H,21,22,23). The largest absolute Gasteiger partial charge is 0.373 e. The number of para-hydroxylation sites is 1. The van der Waals surface area contributed by atoms with E-state index >= 15 is 0 Å². The first-order valence-corrected chi connectivity index (χ1v) is 7.80. The molecule has 0 aliphatic rings. The van der Waals surface area contributed by atoms with Crippen LogP contribution in [0.2, 0.25) is 0 Å². The van der Waals surface area contributed by atoms with Crippen molar-refractivity contribution in [3.05, 3.63) is 65.5 Å². The maximum Gasteiger partial charge on any atom is 0.145 e. The summed E-state index contributed by atoms with van der Waals surface area (Å²) in [6, 6.07) is 17.8. The SMILES string of the molecule is CNc1nc(CN(C)Cc2ccc(C#N)cc2)nc2ccccc12. The number of rotatable bonds is 5. The molecule has 120 valence electrons. The Morgan fingerprint density at radius 2 is 1.79 bits per heavy atom. The Bertz CT molecular complexity index is 880. The van der Waals surface area contributed by atoms with E-state index in [1.807, 2.05) is 62.6 Å². The Labute approximate surface area is 141 Å². The van der Waals surface area contributed by atoms with Crippen molar-refractivity contribution in [1.82, 2.24) is 14.9 Å². The van der Waals surface area contributed by atoms with E-state index in [-0.39, 0.29) is 0 Å². The lowest BCUT2D eigenvalue weighted by Crippen LogP contribution is -2.19. The fourth-order valence-electron chi connectivity index (χ4n) is 2.68. The van der Waals surface area contributed by atoms with Gasteiger partial charge >= 0.3 is 0 Å². The van der Waals surface area contributed by atoms with Crippen LogP contribution in [0.3, 0.4) is 0 Å². The molecule has 0 fully saturated rings. The van der Waals surface area contributed by atoms with Gasteiger partial charge in [0.2, 0.25) is 0 Å². The van der Waals surface area contributed by atoms with E-state index in [0.29, 0.717) is 12.1 Å². The smallest absolute Gasteiger partial charge is 0.145 e. The number of hydrogen-bond acceptors (Lipinski definition) is 5. The maximum atomic E-state index is 8.86. The minimum Gasteiger partial charge on any atom is -0.373 e. The van der Waals surface area contributed by atoms with Gasteiger partial charge in [0.15, 0.2) is 0 Å². The summed E-state index contributed by atoms with van der Waals surface area (Å²) in [5.41, 5.74) is 2.78. The first kappa shape index (κ1) is 15.9. The van der Waals surface area contributed by atoms with Gasteiger partial charge in [0.25, 0.3) is 0 Å². The van der Waals surface area contributed by atoms with Gasteiger partial charge in [0, 0.05) is 19.0 Å². The van der Waals surface area contributed by atoms with Crippen LogP contribution in [-0.4, -0.2) is 29.0 Å². The van der Waals surface area contributed by atoms with Crippen molar-refractivity contribution < 1.29 is 0 Å².